The molecule has 170 valence electrons. The predicted molar refractivity (Wildman–Crippen MR) is 114 cm³/mol. The van der Waals surface area contributed by atoms with Gasteiger partial charge in [0.05, 0.1) is 11.4 Å². The molecule has 4 N–H and O–H groups in total. The largest absolute Gasteiger partial charge is 0.421 e. The minimum Gasteiger partial charge on any atom is -0.369 e. The Labute approximate surface area is 179 Å². The first-order valence-corrected chi connectivity index (χ1v) is 11.5. The highest BCUT2D eigenvalue weighted by atomic mass is 32.2. The van der Waals surface area contributed by atoms with Crippen LogP contribution in [0.4, 0.5) is 36.3 Å². The van der Waals surface area contributed by atoms with E-state index in [1.165, 1.54) is 4.31 Å². The van der Waals surface area contributed by atoms with Crippen LogP contribution in [0.25, 0.3) is 0 Å². The van der Waals surface area contributed by atoms with Crippen LogP contribution in [0.5, 0.6) is 0 Å². The smallest absolute Gasteiger partial charge is 0.369 e. The van der Waals surface area contributed by atoms with E-state index in [0.29, 0.717) is 43.7 Å². The summed E-state index contributed by atoms with van der Waals surface area (Å²) in [6.07, 6.45) is -1.99. The van der Waals surface area contributed by atoms with Crippen molar-refractivity contribution in [2.24, 2.45) is 5.73 Å². The molecule has 12 heteroatoms. The standard InChI is InChI=1S/C19H25F3N6O2S/c1-2-31(29,30)28-10-3-5-13-11-14(6-7-16(13)28)26-18-25-12-15(19(20,21)22)17(27-18)24-9-4-8-23/h6-7,11-12H,2-5,8-10,23H2,1H3,(H2,24,25,26,27). The van der Waals surface area contributed by atoms with Gasteiger partial charge in [-0.05, 0) is 56.5 Å². The molecule has 8 nitrogen and oxygen atoms in total. The zero-order valence-corrected chi connectivity index (χ0v) is 17.9. The predicted octanol–water partition coefficient (Wildman–Crippen LogP) is 3.10. The molecule has 0 atom stereocenters. The molecule has 1 aliphatic heterocycles. The highest BCUT2D eigenvalue weighted by Crippen LogP contribution is 2.35. The van der Waals surface area contributed by atoms with Gasteiger partial charge in [0.2, 0.25) is 16.0 Å². The van der Waals surface area contributed by atoms with Crippen LogP contribution in [0, 0.1) is 0 Å². The van der Waals surface area contributed by atoms with Gasteiger partial charge in [0.15, 0.2) is 0 Å². The SMILES string of the molecule is CCS(=O)(=O)N1CCCc2cc(Nc3ncc(C(F)(F)F)c(NCCCN)n3)ccc21. The van der Waals surface area contributed by atoms with Crippen LogP contribution in [-0.4, -0.2) is 43.8 Å². The van der Waals surface area contributed by atoms with Crippen molar-refractivity contribution < 1.29 is 21.6 Å². The van der Waals surface area contributed by atoms with Crippen molar-refractivity contribution in [3.05, 3.63) is 35.5 Å². The van der Waals surface area contributed by atoms with Crippen LogP contribution in [0.1, 0.15) is 30.9 Å². The van der Waals surface area contributed by atoms with Crippen molar-refractivity contribution in [1.82, 2.24) is 9.97 Å². The maximum Gasteiger partial charge on any atom is 0.421 e. The van der Waals surface area contributed by atoms with Gasteiger partial charge in [-0.1, -0.05) is 0 Å². The molecule has 0 fully saturated rings. The number of anilines is 4. The van der Waals surface area contributed by atoms with Gasteiger partial charge >= 0.3 is 6.18 Å². The topological polar surface area (TPSA) is 113 Å². The molecule has 0 aliphatic carbocycles. The summed E-state index contributed by atoms with van der Waals surface area (Å²) < 4.78 is 65.8. The lowest BCUT2D eigenvalue weighted by Crippen LogP contribution is -2.36. The normalized spacial score (nSPS) is 14.3. The Bertz CT molecular complexity index is 1030. The first kappa shape index (κ1) is 23.1. The van der Waals surface area contributed by atoms with Gasteiger partial charge in [0, 0.05) is 25.0 Å². The fourth-order valence-electron chi connectivity index (χ4n) is 3.31. The number of benzene rings is 1. The van der Waals surface area contributed by atoms with E-state index < -0.39 is 21.8 Å². The molecule has 0 saturated heterocycles. The fourth-order valence-corrected chi connectivity index (χ4v) is 4.50. The van der Waals surface area contributed by atoms with Gasteiger partial charge in [-0.3, -0.25) is 4.31 Å². The molecule has 0 bridgehead atoms. The Morgan fingerprint density at radius 3 is 2.74 bits per heavy atom. The summed E-state index contributed by atoms with van der Waals surface area (Å²) in [5, 5.41) is 5.57. The number of nitrogens with zero attached hydrogens (tertiary/aromatic N) is 3. The quantitative estimate of drug-likeness (QED) is 0.521. The van der Waals surface area contributed by atoms with Crippen molar-refractivity contribution in [1.29, 1.82) is 0 Å². The average Bonchev–Trinajstić information content (AvgIpc) is 2.72. The lowest BCUT2D eigenvalue weighted by Gasteiger charge is -2.30. The lowest BCUT2D eigenvalue weighted by molar-refractivity contribution is -0.137. The number of halogens is 3. The van der Waals surface area contributed by atoms with Crippen molar-refractivity contribution in [3.8, 4) is 0 Å². The van der Waals surface area contributed by atoms with Gasteiger partial charge in [0.25, 0.3) is 0 Å². The third-order valence-corrected chi connectivity index (χ3v) is 6.66. The Balaban J connectivity index is 1.86. The third kappa shape index (κ3) is 5.37. The van der Waals surface area contributed by atoms with Gasteiger partial charge in [0.1, 0.15) is 11.4 Å². The molecule has 0 spiro atoms. The van der Waals surface area contributed by atoms with Crippen LogP contribution in [-0.2, 0) is 22.6 Å². The molecule has 0 saturated carbocycles. The van der Waals surface area contributed by atoms with Crippen molar-refractivity contribution in [2.75, 3.05) is 40.3 Å². The number of hydrogen-bond acceptors (Lipinski definition) is 7. The van der Waals surface area contributed by atoms with Gasteiger partial charge < -0.3 is 16.4 Å². The molecule has 0 amide bonds. The second-order valence-corrected chi connectivity index (χ2v) is 9.25. The lowest BCUT2D eigenvalue weighted by atomic mass is 10.0. The van der Waals surface area contributed by atoms with Crippen molar-refractivity contribution in [3.63, 3.8) is 0 Å². The average molecular weight is 459 g/mol. The molecule has 0 unspecified atom stereocenters. The molecule has 2 heterocycles. The Morgan fingerprint density at radius 2 is 2.06 bits per heavy atom. The van der Waals surface area contributed by atoms with Crippen molar-refractivity contribution in [2.45, 2.75) is 32.4 Å². The maximum atomic E-state index is 13.2. The number of fused-ring (bicyclic) bond motifs is 1. The van der Waals surface area contributed by atoms with Crippen LogP contribution < -0.4 is 20.7 Å². The van der Waals surface area contributed by atoms with Gasteiger partial charge in [-0.25, -0.2) is 13.4 Å². The summed E-state index contributed by atoms with van der Waals surface area (Å²) >= 11 is 0. The van der Waals surface area contributed by atoms with E-state index in [1.807, 2.05) is 0 Å². The number of alkyl halides is 3. The Morgan fingerprint density at radius 1 is 1.29 bits per heavy atom. The van der Waals surface area contributed by atoms with E-state index in [2.05, 4.69) is 20.6 Å². The number of hydrogen-bond donors (Lipinski definition) is 3. The van der Waals surface area contributed by atoms with Gasteiger partial charge in [-0.2, -0.15) is 18.2 Å². The maximum absolute atomic E-state index is 13.2. The van der Waals surface area contributed by atoms with E-state index >= 15 is 0 Å². The number of nitrogens with two attached hydrogens (primary N) is 1. The number of nitrogens with one attached hydrogen (secondary N) is 2. The molecule has 3 rings (SSSR count). The number of aromatic nitrogens is 2. The van der Waals surface area contributed by atoms with Gasteiger partial charge in [-0.15, -0.1) is 0 Å². The highest BCUT2D eigenvalue weighted by Gasteiger charge is 2.35. The highest BCUT2D eigenvalue weighted by molar-refractivity contribution is 7.92. The van der Waals surface area contributed by atoms with E-state index in [-0.39, 0.29) is 24.1 Å². The zero-order chi connectivity index (χ0) is 22.6. The molecular formula is C19H25F3N6O2S. The summed E-state index contributed by atoms with van der Waals surface area (Å²) in [5.74, 6) is -0.320. The minimum absolute atomic E-state index is 0.00274. The van der Waals surface area contributed by atoms with Crippen LogP contribution in [0.15, 0.2) is 24.4 Å². The summed E-state index contributed by atoms with van der Waals surface area (Å²) in [6.45, 7) is 2.61. The molecule has 1 aromatic heterocycles. The number of rotatable bonds is 8. The van der Waals surface area contributed by atoms with E-state index in [1.54, 1.807) is 25.1 Å². The Kier molecular flexibility index (Phi) is 6.90. The number of aryl methyl sites for hydroxylation is 1. The summed E-state index contributed by atoms with van der Waals surface area (Å²) in [5.41, 5.74) is 6.46. The second-order valence-electron chi connectivity index (χ2n) is 7.07. The molecule has 1 aromatic carbocycles. The van der Waals surface area contributed by atoms with Crippen LogP contribution >= 0.6 is 0 Å². The van der Waals surface area contributed by atoms with E-state index in [9.17, 15) is 21.6 Å². The van der Waals surface area contributed by atoms with Crippen LogP contribution in [0.2, 0.25) is 0 Å². The molecule has 0 radical (unpaired) electrons. The summed E-state index contributed by atoms with van der Waals surface area (Å²) in [6, 6.07) is 5.12. The second kappa shape index (κ2) is 9.27. The molecule has 2 aromatic rings. The summed E-state index contributed by atoms with van der Waals surface area (Å²) in [4.78, 5) is 7.78. The monoisotopic (exact) mass is 458 g/mol. The zero-order valence-electron chi connectivity index (χ0n) is 17.0. The molecular weight excluding hydrogens is 433 g/mol. The minimum atomic E-state index is -4.59. The number of sulfonamides is 1. The molecule has 1 aliphatic rings. The van der Waals surface area contributed by atoms with Crippen molar-refractivity contribution >= 4 is 33.2 Å². The fraction of sp³-hybridized carbons (Fsp3) is 0.474. The molecule has 31 heavy (non-hydrogen) atoms. The summed E-state index contributed by atoms with van der Waals surface area (Å²) in [7, 11) is -3.38. The van der Waals surface area contributed by atoms with Crippen LogP contribution in [0.3, 0.4) is 0 Å². The van der Waals surface area contributed by atoms with E-state index in [4.69, 9.17) is 5.73 Å². The first-order chi connectivity index (χ1) is 14.7. The van der Waals surface area contributed by atoms with E-state index in [0.717, 1.165) is 11.8 Å². The third-order valence-electron chi connectivity index (χ3n) is 4.88. The Hall–Kier alpha value is -2.60. The first-order valence-electron chi connectivity index (χ1n) is 9.94.